The van der Waals surface area contributed by atoms with Gasteiger partial charge in [-0.1, -0.05) is 24.3 Å². The molecule has 0 spiro atoms. The second kappa shape index (κ2) is 6.40. The standard InChI is InChI=1S/C19H20N2O2S/c22-18(7-13-5-6-24-12-13)20-16-10-19(23)21(11-16)17-8-14-3-1-2-4-15(14)9-17/h1-6,12,16-17H,7-11H2,(H,20,22)/t16-/m0/s1. The first-order chi connectivity index (χ1) is 11.7. The average Bonchev–Trinajstić information content (AvgIpc) is 3.26. The summed E-state index contributed by atoms with van der Waals surface area (Å²) in [5, 5.41) is 6.99. The van der Waals surface area contributed by atoms with Gasteiger partial charge in [0.1, 0.15) is 0 Å². The highest BCUT2D eigenvalue weighted by atomic mass is 32.1. The zero-order chi connectivity index (χ0) is 16.5. The van der Waals surface area contributed by atoms with Crippen LogP contribution in [0.5, 0.6) is 0 Å². The lowest BCUT2D eigenvalue weighted by Gasteiger charge is -2.24. The third kappa shape index (κ3) is 3.08. The van der Waals surface area contributed by atoms with Crippen LogP contribution in [0, 0.1) is 0 Å². The van der Waals surface area contributed by atoms with Crippen molar-refractivity contribution in [1.82, 2.24) is 10.2 Å². The molecule has 0 unspecified atom stereocenters. The van der Waals surface area contributed by atoms with Gasteiger partial charge in [0.2, 0.25) is 11.8 Å². The van der Waals surface area contributed by atoms with Crippen molar-refractivity contribution in [3.05, 3.63) is 57.8 Å². The number of rotatable bonds is 4. The smallest absolute Gasteiger partial charge is 0.225 e. The summed E-state index contributed by atoms with van der Waals surface area (Å²) in [5.41, 5.74) is 3.73. The summed E-state index contributed by atoms with van der Waals surface area (Å²) in [6, 6.07) is 10.6. The van der Waals surface area contributed by atoms with Gasteiger partial charge in [-0.15, -0.1) is 0 Å². The molecule has 2 heterocycles. The lowest BCUT2D eigenvalue weighted by atomic mass is 10.1. The topological polar surface area (TPSA) is 49.4 Å². The van der Waals surface area contributed by atoms with Crippen LogP contribution in [0.25, 0.3) is 0 Å². The van der Waals surface area contributed by atoms with Crippen molar-refractivity contribution in [2.45, 2.75) is 37.8 Å². The zero-order valence-electron chi connectivity index (χ0n) is 13.4. The molecule has 124 valence electrons. The van der Waals surface area contributed by atoms with Gasteiger partial charge in [0, 0.05) is 19.0 Å². The number of thiophene rings is 1. The SMILES string of the molecule is O=C(Cc1ccsc1)N[C@H]1CC(=O)N(C2Cc3ccccc3C2)C1. The Morgan fingerprint density at radius 1 is 1.17 bits per heavy atom. The quantitative estimate of drug-likeness (QED) is 0.927. The molecule has 0 bridgehead atoms. The Bertz CT molecular complexity index is 731. The monoisotopic (exact) mass is 340 g/mol. The molecule has 1 saturated heterocycles. The summed E-state index contributed by atoms with van der Waals surface area (Å²) in [6.07, 6.45) is 2.67. The van der Waals surface area contributed by atoms with E-state index in [1.807, 2.05) is 21.7 Å². The van der Waals surface area contributed by atoms with Gasteiger partial charge in [-0.25, -0.2) is 0 Å². The van der Waals surface area contributed by atoms with Crippen LogP contribution >= 0.6 is 11.3 Å². The van der Waals surface area contributed by atoms with Gasteiger partial charge in [-0.2, -0.15) is 11.3 Å². The van der Waals surface area contributed by atoms with E-state index < -0.39 is 0 Å². The summed E-state index contributed by atoms with van der Waals surface area (Å²) < 4.78 is 0. The maximum atomic E-state index is 12.4. The van der Waals surface area contributed by atoms with Crippen molar-refractivity contribution >= 4 is 23.2 Å². The van der Waals surface area contributed by atoms with Gasteiger partial charge in [0.05, 0.1) is 12.5 Å². The Morgan fingerprint density at radius 2 is 1.92 bits per heavy atom. The van der Waals surface area contributed by atoms with E-state index in [0.29, 0.717) is 19.4 Å². The van der Waals surface area contributed by atoms with Crippen molar-refractivity contribution in [3.8, 4) is 0 Å². The van der Waals surface area contributed by atoms with Crippen molar-refractivity contribution in [3.63, 3.8) is 0 Å². The summed E-state index contributed by atoms with van der Waals surface area (Å²) in [7, 11) is 0. The minimum Gasteiger partial charge on any atom is -0.351 e. The number of carbonyl (C=O) groups excluding carboxylic acids is 2. The van der Waals surface area contributed by atoms with Crippen LogP contribution in [0.15, 0.2) is 41.1 Å². The molecule has 24 heavy (non-hydrogen) atoms. The third-order valence-electron chi connectivity index (χ3n) is 4.94. The van der Waals surface area contributed by atoms with Gasteiger partial charge in [0.15, 0.2) is 0 Å². The van der Waals surface area contributed by atoms with Crippen molar-refractivity contribution in [2.75, 3.05) is 6.54 Å². The molecule has 1 aliphatic carbocycles. The summed E-state index contributed by atoms with van der Waals surface area (Å²) in [4.78, 5) is 26.5. The zero-order valence-corrected chi connectivity index (χ0v) is 14.2. The number of fused-ring (bicyclic) bond motifs is 1. The Hall–Kier alpha value is -2.14. The second-order valence-electron chi connectivity index (χ2n) is 6.65. The molecule has 1 fully saturated rings. The van der Waals surface area contributed by atoms with E-state index in [0.717, 1.165) is 18.4 Å². The van der Waals surface area contributed by atoms with E-state index in [9.17, 15) is 9.59 Å². The average molecular weight is 340 g/mol. The van der Waals surface area contributed by atoms with E-state index >= 15 is 0 Å². The number of hydrogen-bond acceptors (Lipinski definition) is 3. The summed E-state index contributed by atoms with van der Waals surface area (Å²) in [6.45, 7) is 0.632. The molecule has 0 radical (unpaired) electrons. The lowest BCUT2D eigenvalue weighted by molar-refractivity contribution is -0.129. The Kier molecular flexibility index (Phi) is 4.10. The summed E-state index contributed by atoms with van der Waals surface area (Å²) in [5.74, 6) is 0.163. The molecule has 2 aromatic rings. The van der Waals surface area contributed by atoms with Crippen LogP contribution in [-0.4, -0.2) is 35.3 Å². The predicted octanol–water partition coefficient (Wildman–Crippen LogP) is 2.18. The molecule has 1 aliphatic heterocycles. The van der Waals surface area contributed by atoms with E-state index in [1.54, 1.807) is 11.3 Å². The summed E-state index contributed by atoms with van der Waals surface area (Å²) >= 11 is 1.59. The fourth-order valence-electron chi connectivity index (χ4n) is 3.79. The fourth-order valence-corrected chi connectivity index (χ4v) is 4.46. The first kappa shape index (κ1) is 15.4. The molecule has 4 nitrogen and oxygen atoms in total. The molecular formula is C19H20N2O2S. The number of nitrogens with one attached hydrogen (secondary N) is 1. The largest absolute Gasteiger partial charge is 0.351 e. The van der Waals surface area contributed by atoms with Gasteiger partial charge in [-0.05, 0) is 46.4 Å². The minimum absolute atomic E-state index is 0.00255. The second-order valence-corrected chi connectivity index (χ2v) is 7.43. The highest BCUT2D eigenvalue weighted by Gasteiger charge is 2.37. The van der Waals surface area contributed by atoms with Crippen molar-refractivity contribution < 1.29 is 9.59 Å². The maximum absolute atomic E-state index is 12.4. The molecule has 2 amide bonds. The Balaban J connectivity index is 1.35. The van der Waals surface area contributed by atoms with Gasteiger partial charge < -0.3 is 10.2 Å². The molecule has 1 atom stereocenters. The van der Waals surface area contributed by atoms with Gasteiger partial charge in [-0.3, -0.25) is 9.59 Å². The van der Waals surface area contributed by atoms with E-state index in [-0.39, 0.29) is 23.9 Å². The highest BCUT2D eigenvalue weighted by Crippen LogP contribution is 2.28. The van der Waals surface area contributed by atoms with Gasteiger partial charge >= 0.3 is 0 Å². The molecular weight excluding hydrogens is 320 g/mol. The molecule has 2 aliphatic rings. The van der Waals surface area contributed by atoms with Crippen LogP contribution in [0.1, 0.15) is 23.1 Å². The molecule has 1 aromatic carbocycles. The Morgan fingerprint density at radius 3 is 2.58 bits per heavy atom. The number of carbonyl (C=O) groups is 2. The fraction of sp³-hybridized carbons (Fsp3) is 0.368. The van der Waals surface area contributed by atoms with Crippen LogP contribution in [0.3, 0.4) is 0 Å². The van der Waals surface area contributed by atoms with Crippen molar-refractivity contribution in [1.29, 1.82) is 0 Å². The van der Waals surface area contributed by atoms with E-state index in [1.165, 1.54) is 11.1 Å². The van der Waals surface area contributed by atoms with E-state index in [2.05, 4.69) is 29.6 Å². The van der Waals surface area contributed by atoms with Crippen molar-refractivity contribution in [2.24, 2.45) is 0 Å². The first-order valence-corrected chi connectivity index (χ1v) is 9.30. The number of hydrogen-bond donors (Lipinski definition) is 1. The number of benzene rings is 1. The van der Waals surface area contributed by atoms with Crippen LogP contribution in [0.2, 0.25) is 0 Å². The van der Waals surface area contributed by atoms with Crippen LogP contribution in [-0.2, 0) is 28.9 Å². The Labute approximate surface area is 145 Å². The third-order valence-corrected chi connectivity index (χ3v) is 5.67. The predicted molar refractivity (Wildman–Crippen MR) is 93.9 cm³/mol. The van der Waals surface area contributed by atoms with Gasteiger partial charge in [0.25, 0.3) is 0 Å². The molecule has 0 saturated carbocycles. The first-order valence-electron chi connectivity index (χ1n) is 8.36. The maximum Gasteiger partial charge on any atom is 0.225 e. The van der Waals surface area contributed by atoms with E-state index in [4.69, 9.17) is 0 Å². The normalized spacial score (nSPS) is 20.4. The number of likely N-dealkylation sites (tertiary alicyclic amines) is 1. The van der Waals surface area contributed by atoms with Crippen LogP contribution < -0.4 is 5.32 Å². The molecule has 5 heteroatoms. The highest BCUT2D eigenvalue weighted by molar-refractivity contribution is 7.08. The molecule has 1 N–H and O–H groups in total. The van der Waals surface area contributed by atoms with Crippen LogP contribution in [0.4, 0.5) is 0 Å². The molecule has 4 rings (SSSR count). The molecule has 1 aromatic heterocycles. The number of amides is 2. The minimum atomic E-state index is -0.0626. The number of nitrogens with zero attached hydrogens (tertiary/aromatic N) is 1. The lowest BCUT2D eigenvalue weighted by Crippen LogP contribution is -2.41.